The molecule has 1 aromatic heterocycles. The van der Waals surface area contributed by atoms with Crippen molar-refractivity contribution in [2.24, 2.45) is 0 Å². The molecule has 0 fully saturated rings. The van der Waals surface area contributed by atoms with Crippen molar-refractivity contribution in [2.75, 3.05) is 19.0 Å². The summed E-state index contributed by atoms with van der Waals surface area (Å²) in [6.45, 7) is 2.57. The second kappa shape index (κ2) is 18.9. The number of carbonyl (C=O) groups is 3. The second-order valence-electron chi connectivity index (χ2n) is 11.7. The van der Waals surface area contributed by atoms with Crippen LogP contribution in [0.1, 0.15) is 111 Å². The van der Waals surface area contributed by atoms with E-state index < -0.39 is 23.7 Å². The van der Waals surface area contributed by atoms with Crippen molar-refractivity contribution in [1.29, 1.82) is 0 Å². The number of benzene rings is 3. The highest BCUT2D eigenvalue weighted by atomic mass is 79.9. The molecule has 3 aromatic carbocycles. The maximum atomic E-state index is 13.9. The van der Waals surface area contributed by atoms with E-state index in [2.05, 4.69) is 38.5 Å². The van der Waals surface area contributed by atoms with Crippen LogP contribution in [0.25, 0.3) is 11.0 Å². The van der Waals surface area contributed by atoms with Crippen LogP contribution in [0.3, 0.4) is 0 Å². The minimum Gasteiger partial charge on any atom is -0.495 e. The van der Waals surface area contributed by atoms with Gasteiger partial charge in [0.05, 0.1) is 30.5 Å². The molecule has 0 saturated carbocycles. The first-order valence-corrected chi connectivity index (χ1v) is 17.5. The number of ether oxygens (including phenoxy) is 2. The lowest BCUT2D eigenvalue weighted by Crippen LogP contribution is -2.33. The summed E-state index contributed by atoms with van der Waals surface area (Å²) in [7, 11) is 1.46. The van der Waals surface area contributed by atoms with Gasteiger partial charge in [-0.3, -0.25) is 9.59 Å². The Kier molecular flexibility index (Phi) is 14.4. The quantitative estimate of drug-likeness (QED) is 0.0423. The maximum absolute atomic E-state index is 13.9. The molecule has 0 aliphatic carbocycles. The zero-order valence-electron chi connectivity index (χ0n) is 27.4. The molecule has 9 nitrogen and oxygen atoms in total. The molecule has 0 aliphatic heterocycles. The number of anilines is 1. The van der Waals surface area contributed by atoms with Gasteiger partial charge in [0.2, 0.25) is 0 Å². The number of rotatable bonds is 20. The van der Waals surface area contributed by atoms with Crippen LogP contribution in [-0.2, 0) is 9.53 Å². The Morgan fingerprint density at radius 3 is 2.13 bits per heavy atom. The normalized spacial score (nSPS) is 11.7. The molecule has 0 spiro atoms. The van der Waals surface area contributed by atoms with E-state index in [0.717, 1.165) is 19.3 Å². The van der Waals surface area contributed by atoms with Crippen molar-refractivity contribution in [3.63, 3.8) is 0 Å². The van der Waals surface area contributed by atoms with Crippen LogP contribution in [0.5, 0.6) is 5.75 Å². The van der Waals surface area contributed by atoms with Gasteiger partial charge in [-0.25, -0.2) is 9.48 Å². The number of ketones is 1. The fourth-order valence-electron chi connectivity index (χ4n) is 5.55. The molecule has 0 saturated heterocycles. The van der Waals surface area contributed by atoms with Crippen LogP contribution in [0, 0.1) is 0 Å². The standard InChI is InChI=1S/C37H45BrN4O5/c1-3-4-5-6-7-8-9-10-11-12-13-17-25-47-37(45)28-23-24-32(46-2)30(26-28)39-36(44)34(35(43)27-19-15-14-16-20-27)42-31-22-18-21-29(38)33(31)40-41-42/h14-16,18-24,26,34H,3-13,17,25H2,1-2H3,(H,39,44). The molecule has 250 valence electrons. The van der Waals surface area contributed by atoms with E-state index in [0.29, 0.717) is 33.4 Å². The van der Waals surface area contributed by atoms with E-state index in [9.17, 15) is 14.4 Å². The molecule has 0 bridgehead atoms. The number of fused-ring (bicyclic) bond motifs is 1. The molecule has 10 heteroatoms. The smallest absolute Gasteiger partial charge is 0.338 e. The average molecular weight is 706 g/mol. The molecule has 4 rings (SSSR count). The molecule has 1 amide bonds. The van der Waals surface area contributed by atoms with E-state index in [4.69, 9.17) is 9.47 Å². The molecule has 4 aromatic rings. The van der Waals surface area contributed by atoms with Gasteiger partial charge in [0.25, 0.3) is 5.91 Å². The molecular formula is C37H45BrN4O5. The van der Waals surface area contributed by atoms with Crippen molar-refractivity contribution in [2.45, 2.75) is 90.0 Å². The zero-order valence-corrected chi connectivity index (χ0v) is 29.0. The monoisotopic (exact) mass is 704 g/mol. The predicted octanol–water partition coefficient (Wildman–Crippen LogP) is 9.12. The summed E-state index contributed by atoms with van der Waals surface area (Å²) >= 11 is 3.46. The SMILES string of the molecule is CCCCCCCCCCCCCCOC(=O)c1ccc(OC)c(NC(=O)C(C(=O)c2ccccc2)n2nnc3c(Br)cccc32)c1. The number of nitrogens with one attached hydrogen (secondary N) is 1. The first-order chi connectivity index (χ1) is 22.9. The molecule has 1 unspecified atom stereocenters. The number of esters is 1. The number of halogens is 1. The lowest BCUT2D eigenvalue weighted by atomic mass is 10.0. The van der Waals surface area contributed by atoms with Gasteiger partial charge in [0, 0.05) is 10.0 Å². The summed E-state index contributed by atoms with van der Waals surface area (Å²) in [5.74, 6) is -1.29. The third kappa shape index (κ3) is 10.2. The molecule has 0 radical (unpaired) electrons. The third-order valence-electron chi connectivity index (χ3n) is 8.18. The van der Waals surface area contributed by atoms with Gasteiger partial charge in [-0.15, -0.1) is 5.10 Å². The summed E-state index contributed by atoms with van der Waals surface area (Å²) in [4.78, 5) is 40.6. The number of hydrogen-bond acceptors (Lipinski definition) is 7. The van der Waals surface area contributed by atoms with Crippen molar-refractivity contribution < 1.29 is 23.9 Å². The lowest BCUT2D eigenvalue weighted by molar-refractivity contribution is -0.118. The number of nitrogens with zero attached hydrogens (tertiary/aromatic N) is 3. The van der Waals surface area contributed by atoms with Crippen molar-refractivity contribution in [1.82, 2.24) is 15.0 Å². The highest BCUT2D eigenvalue weighted by molar-refractivity contribution is 9.10. The molecule has 1 heterocycles. The summed E-state index contributed by atoms with van der Waals surface area (Å²) in [5, 5.41) is 11.2. The molecule has 1 atom stereocenters. The van der Waals surface area contributed by atoms with E-state index in [1.807, 2.05) is 6.07 Å². The Morgan fingerprint density at radius 1 is 0.809 bits per heavy atom. The van der Waals surface area contributed by atoms with Crippen molar-refractivity contribution in [3.8, 4) is 5.75 Å². The summed E-state index contributed by atoms with van der Waals surface area (Å²) < 4.78 is 13.0. The Bertz CT molecular complexity index is 1610. The van der Waals surface area contributed by atoms with E-state index >= 15 is 0 Å². The van der Waals surface area contributed by atoms with Gasteiger partial charge in [-0.2, -0.15) is 0 Å². The first kappa shape index (κ1) is 35.8. The Hall–Kier alpha value is -4.05. The van der Waals surface area contributed by atoms with Gasteiger partial charge in [0.1, 0.15) is 11.3 Å². The largest absolute Gasteiger partial charge is 0.495 e. The second-order valence-corrected chi connectivity index (χ2v) is 12.6. The number of unbranched alkanes of at least 4 members (excludes halogenated alkanes) is 11. The first-order valence-electron chi connectivity index (χ1n) is 16.7. The average Bonchev–Trinajstić information content (AvgIpc) is 3.52. The highest BCUT2D eigenvalue weighted by Gasteiger charge is 2.33. The Labute approximate surface area is 285 Å². The molecule has 0 aliphatic rings. The summed E-state index contributed by atoms with van der Waals surface area (Å²) in [6, 6.07) is 17.2. The number of hydrogen-bond donors (Lipinski definition) is 1. The van der Waals surface area contributed by atoms with Crippen LogP contribution in [0.2, 0.25) is 0 Å². The van der Waals surface area contributed by atoms with E-state index in [-0.39, 0.29) is 11.3 Å². The molecule has 47 heavy (non-hydrogen) atoms. The third-order valence-corrected chi connectivity index (χ3v) is 8.82. The van der Waals surface area contributed by atoms with Crippen LogP contribution >= 0.6 is 15.9 Å². The zero-order chi connectivity index (χ0) is 33.4. The minimum absolute atomic E-state index is 0.230. The van der Waals surface area contributed by atoms with Gasteiger partial charge < -0.3 is 14.8 Å². The van der Waals surface area contributed by atoms with Crippen LogP contribution in [-0.4, -0.2) is 46.4 Å². The number of aromatic nitrogens is 3. The summed E-state index contributed by atoms with van der Waals surface area (Å²) in [6.07, 6.45) is 14.7. The highest BCUT2D eigenvalue weighted by Crippen LogP contribution is 2.30. The fraction of sp³-hybridized carbons (Fsp3) is 0.432. The number of amides is 1. The Balaban J connectivity index is 1.36. The Morgan fingerprint density at radius 2 is 1.47 bits per heavy atom. The van der Waals surface area contributed by atoms with E-state index in [1.54, 1.807) is 54.6 Å². The summed E-state index contributed by atoms with van der Waals surface area (Å²) in [5.41, 5.74) is 1.86. The topological polar surface area (TPSA) is 112 Å². The van der Waals surface area contributed by atoms with Crippen LogP contribution in [0.15, 0.2) is 71.2 Å². The number of carbonyl (C=O) groups excluding carboxylic acids is 3. The van der Waals surface area contributed by atoms with Crippen LogP contribution < -0.4 is 10.1 Å². The fourth-order valence-corrected chi connectivity index (χ4v) is 5.98. The van der Waals surface area contributed by atoms with Crippen molar-refractivity contribution in [3.05, 3.63) is 82.3 Å². The molecular weight excluding hydrogens is 660 g/mol. The maximum Gasteiger partial charge on any atom is 0.338 e. The van der Waals surface area contributed by atoms with E-state index in [1.165, 1.54) is 75.6 Å². The van der Waals surface area contributed by atoms with Gasteiger partial charge in [0.15, 0.2) is 11.8 Å². The van der Waals surface area contributed by atoms with Gasteiger partial charge in [-0.1, -0.05) is 119 Å². The minimum atomic E-state index is -1.39. The van der Waals surface area contributed by atoms with Gasteiger partial charge in [-0.05, 0) is 52.7 Å². The lowest BCUT2D eigenvalue weighted by Gasteiger charge is -2.18. The predicted molar refractivity (Wildman–Crippen MR) is 188 cm³/mol. The number of methoxy groups -OCH3 is 1. The van der Waals surface area contributed by atoms with Crippen molar-refractivity contribution >= 4 is 50.3 Å². The van der Waals surface area contributed by atoms with Gasteiger partial charge >= 0.3 is 5.97 Å². The number of Topliss-reactive ketones (excluding diaryl/α,β-unsaturated/α-hetero) is 1. The molecule has 1 N–H and O–H groups in total. The van der Waals surface area contributed by atoms with Crippen LogP contribution in [0.4, 0.5) is 5.69 Å².